The summed E-state index contributed by atoms with van der Waals surface area (Å²) in [6.45, 7) is 1.80. The molecule has 0 radical (unpaired) electrons. The normalized spacial score (nSPS) is 10.0. The maximum Gasteiger partial charge on any atom is 0.310 e. The van der Waals surface area contributed by atoms with Crippen molar-refractivity contribution < 1.29 is 23.0 Å². The van der Waals surface area contributed by atoms with Crippen LogP contribution in [0.25, 0.3) is 0 Å². The number of hydrogen-bond donors (Lipinski definition) is 0. The summed E-state index contributed by atoms with van der Waals surface area (Å²) in [6, 6.07) is 2.05. The Morgan fingerprint density at radius 3 is 2.31 bits per heavy atom. The highest BCUT2D eigenvalue weighted by Crippen LogP contribution is 2.21. The Morgan fingerprint density at radius 1 is 1.31 bits per heavy atom. The molecule has 0 N–H and O–H groups in total. The molecule has 0 fully saturated rings. The van der Waals surface area contributed by atoms with E-state index in [1.54, 1.807) is 6.92 Å². The lowest BCUT2D eigenvalue weighted by Crippen LogP contribution is -2.10. The molecule has 1 aromatic rings. The number of benzene rings is 1. The van der Waals surface area contributed by atoms with Crippen molar-refractivity contribution >= 4 is 5.97 Å². The summed E-state index contributed by atoms with van der Waals surface area (Å²) in [5.74, 6) is -2.22. The Balaban J connectivity index is 2.92. The predicted octanol–water partition coefficient (Wildman–Crippen LogP) is 2.08. The lowest BCUT2D eigenvalue weighted by Gasteiger charge is -2.07. The van der Waals surface area contributed by atoms with Gasteiger partial charge in [-0.15, -0.1) is 0 Å². The molecule has 16 heavy (non-hydrogen) atoms. The van der Waals surface area contributed by atoms with Crippen LogP contribution in [-0.4, -0.2) is 19.7 Å². The third-order valence-electron chi connectivity index (χ3n) is 1.98. The number of ether oxygens (including phenoxy) is 2. The monoisotopic (exact) mass is 230 g/mol. The van der Waals surface area contributed by atoms with Crippen molar-refractivity contribution in [3.8, 4) is 5.75 Å². The second kappa shape index (κ2) is 5.44. The first-order valence-electron chi connectivity index (χ1n) is 4.76. The van der Waals surface area contributed by atoms with Gasteiger partial charge in [-0.2, -0.15) is 0 Å². The maximum absolute atomic E-state index is 13.4. The van der Waals surface area contributed by atoms with Gasteiger partial charge in [0.15, 0.2) is 0 Å². The molecule has 0 aliphatic carbocycles. The molecule has 0 atom stereocenters. The predicted molar refractivity (Wildman–Crippen MR) is 53.2 cm³/mol. The number of halogens is 2. The van der Waals surface area contributed by atoms with Crippen LogP contribution in [-0.2, 0) is 16.0 Å². The van der Waals surface area contributed by atoms with E-state index in [0.717, 1.165) is 12.1 Å². The number of methoxy groups -OCH3 is 1. The van der Waals surface area contributed by atoms with E-state index in [4.69, 9.17) is 0 Å². The van der Waals surface area contributed by atoms with Crippen molar-refractivity contribution in [3.63, 3.8) is 0 Å². The Morgan fingerprint density at radius 2 is 1.88 bits per heavy atom. The van der Waals surface area contributed by atoms with Crippen molar-refractivity contribution in [1.82, 2.24) is 0 Å². The number of carbonyl (C=O) groups excluding carboxylic acids is 1. The van der Waals surface area contributed by atoms with Crippen LogP contribution in [0.1, 0.15) is 12.5 Å². The van der Waals surface area contributed by atoms with Crippen molar-refractivity contribution in [3.05, 3.63) is 29.3 Å². The van der Waals surface area contributed by atoms with E-state index >= 15 is 0 Å². The van der Waals surface area contributed by atoms with Crippen LogP contribution in [0, 0.1) is 11.6 Å². The van der Waals surface area contributed by atoms with E-state index in [-0.39, 0.29) is 17.9 Å². The molecule has 0 unspecified atom stereocenters. The minimum Gasteiger partial charge on any atom is -0.497 e. The minimum absolute atomic E-state index is 0.0719. The lowest BCUT2D eigenvalue weighted by molar-refractivity contribution is -0.142. The summed E-state index contributed by atoms with van der Waals surface area (Å²) in [5, 5.41) is 0. The van der Waals surface area contributed by atoms with Crippen molar-refractivity contribution in [2.24, 2.45) is 0 Å². The molecular weight excluding hydrogens is 218 g/mol. The first-order chi connectivity index (χ1) is 7.58. The highest BCUT2D eigenvalue weighted by Gasteiger charge is 2.15. The van der Waals surface area contributed by atoms with Crippen LogP contribution >= 0.6 is 0 Å². The van der Waals surface area contributed by atoms with Gasteiger partial charge in [0.1, 0.15) is 17.4 Å². The van der Waals surface area contributed by atoms with Gasteiger partial charge in [0.25, 0.3) is 0 Å². The first-order valence-corrected chi connectivity index (χ1v) is 4.76. The molecule has 1 aromatic carbocycles. The number of carbonyl (C=O) groups is 1. The summed E-state index contributed by atoms with van der Waals surface area (Å²) >= 11 is 0. The van der Waals surface area contributed by atoms with Gasteiger partial charge < -0.3 is 9.47 Å². The molecule has 88 valence electrons. The van der Waals surface area contributed by atoms with Gasteiger partial charge in [0.05, 0.1) is 20.1 Å². The van der Waals surface area contributed by atoms with Gasteiger partial charge >= 0.3 is 5.97 Å². The smallest absolute Gasteiger partial charge is 0.310 e. The Bertz CT molecular complexity index is 368. The van der Waals surface area contributed by atoms with Crippen molar-refractivity contribution in [2.75, 3.05) is 13.7 Å². The zero-order chi connectivity index (χ0) is 12.1. The minimum atomic E-state index is -0.815. The molecule has 0 bridgehead atoms. The average molecular weight is 230 g/mol. The van der Waals surface area contributed by atoms with Crippen LogP contribution in [0.3, 0.4) is 0 Å². The summed E-state index contributed by atoms with van der Waals surface area (Å²) < 4.78 is 36.0. The van der Waals surface area contributed by atoms with Gasteiger partial charge in [0, 0.05) is 17.7 Å². The standard InChI is InChI=1S/C11H12F2O3/c1-3-16-11(14)6-8-9(12)4-7(15-2)5-10(8)13/h4-5H,3,6H2,1-2H3. The molecular formula is C11H12F2O3. The zero-order valence-electron chi connectivity index (χ0n) is 9.05. The fourth-order valence-corrected chi connectivity index (χ4v) is 1.22. The molecule has 0 aliphatic rings. The largest absolute Gasteiger partial charge is 0.497 e. The molecule has 0 saturated heterocycles. The van der Waals surface area contributed by atoms with Crippen molar-refractivity contribution in [1.29, 1.82) is 0 Å². The highest BCUT2D eigenvalue weighted by atomic mass is 19.1. The van der Waals surface area contributed by atoms with Gasteiger partial charge in [0.2, 0.25) is 0 Å². The fourth-order valence-electron chi connectivity index (χ4n) is 1.22. The molecule has 0 amide bonds. The van der Waals surface area contributed by atoms with Crippen LogP contribution in [0.5, 0.6) is 5.75 Å². The third-order valence-corrected chi connectivity index (χ3v) is 1.98. The fraction of sp³-hybridized carbons (Fsp3) is 0.364. The van der Waals surface area contributed by atoms with Crippen LogP contribution in [0.4, 0.5) is 8.78 Å². The second-order valence-corrected chi connectivity index (χ2v) is 3.05. The van der Waals surface area contributed by atoms with Crippen LogP contribution < -0.4 is 4.74 Å². The average Bonchev–Trinajstić information content (AvgIpc) is 2.23. The topological polar surface area (TPSA) is 35.5 Å². The Kier molecular flexibility index (Phi) is 4.22. The molecule has 3 nitrogen and oxygen atoms in total. The van der Waals surface area contributed by atoms with Gasteiger partial charge in [-0.25, -0.2) is 8.78 Å². The summed E-state index contributed by atoms with van der Waals surface area (Å²) in [6.07, 6.45) is -0.421. The summed E-state index contributed by atoms with van der Waals surface area (Å²) in [5.41, 5.74) is -0.306. The van der Waals surface area contributed by atoms with E-state index in [9.17, 15) is 13.6 Å². The molecule has 0 aliphatic heterocycles. The van der Waals surface area contributed by atoms with Gasteiger partial charge in [-0.1, -0.05) is 0 Å². The van der Waals surface area contributed by atoms with E-state index in [0.29, 0.717) is 0 Å². The van der Waals surface area contributed by atoms with Crippen LogP contribution in [0.15, 0.2) is 12.1 Å². The van der Waals surface area contributed by atoms with E-state index < -0.39 is 24.0 Å². The zero-order valence-corrected chi connectivity index (χ0v) is 9.05. The maximum atomic E-state index is 13.4. The van der Waals surface area contributed by atoms with Crippen molar-refractivity contribution in [2.45, 2.75) is 13.3 Å². The highest BCUT2D eigenvalue weighted by molar-refractivity contribution is 5.72. The summed E-state index contributed by atoms with van der Waals surface area (Å²) in [4.78, 5) is 11.1. The first kappa shape index (κ1) is 12.4. The van der Waals surface area contributed by atoms with Gasteiger partial charge in [-0.05, 0) is 6.92 Å². The lowest BCUT2D eigenvalue weighted by atomic mass is 10.1. The molecule has 0 aromatic heterocycles. The number of rotatable bonds is 4. The Hall–Kier alpha value is -1.65. The number of esters is 1. The second-order valence-electron chi connectivity index (χ2n) is 3.05. The van der Waals surface area contributed by atoms with Crippen LogP contribution in [0.2, 0.25) is 0 Å². The molecule has 0 heterocycles. The molecule has 0 saturated carbocycles. The van der Waals surface area contributed by atoms with E-state index in [1.807, 2.05) is 0 Å². The van der Waals surface area contributed by atoms with E-state index in [1.165, 1.54) is 7.11 Å². The SMILES string of the molecule is CCOC(=O)Cc1c(F)cc(OC)cc1F. The molecule has 0 spiro atoms. The van der Waals surface area contributed by atoms with Gasteiger partial charge in [-0.3, -0.25) is 4.79 Å². The molecule has 1 rings (SSSR count). The third kappa shape index (κ3) is 2.92. The number of hydrogen-bond acceptors (Lipinski definition) is 3. The Labute approximate surface area is 92.0 Å². The van der Waals surface area contributed by atoms with E-state index in [2.05, 4.69) is 9.47 Å². The quantitative estimate of drug-likeness (QED) is 0.743. The summed E-state index contributed by atoms with van der Waals surface area (Å²) in [7, 11) is 1.30. The molecule has 5 heteroatoms.